The van der Waals surface area contributed by atoms with E-state index in [2.05, 4.69) is 20.8 Å². The van der Waals surface area contributed by atoms with Crippen LogP contribution in [-0.4, -0.2) is 59.3 Å². The van der Waals surface area contributed by atoms with Crippen LogP contribution in [0.15, 0.2) is 0 Å². The van der Waals surface area contributed by atoms with Gasteiger partial charge in [0, 0.05) is 6.42 Å². The minimum Gasteiger partial charge on any atom is -0.466 e. The monoisotopic (exact) mass is 592 g/mol. The molecule has 4 saturated carbocycles. The van der Waals surface area contributed by atoms with Crippen molar-refractivity contribution in [3.8, 4) is 0 Å². The van der Waals surface area contributed by atoms with E-state index in [1.54, 1.807) is 0 Å². The minimum atomic E-state index is -0.386. The average molecular weight is 593 g/mol. The van der Waals surface area contributed by atoms with E-state index in [1.807, 2.05) is 0 Å². The maximum atomic E-state index is 12.6. The maximum Gasteiger partial charge on any atom is 0.305 e. The van der Waals surface area contributed by atoms with Crippen LogP contribution in [0.1, 0.15) is 124 Å². The van der Waals surface area contributed by atoms with Crippen LogP contribution in [0.25, 0.3) is 0 Å². The quantitative estimate of drug-likeness (QED) is 0.131. The molecule has 0 aromatic rings. The molecular formula is C35H64N2O5. The van der Waals surface area contributed by atoms with Crippen LogP contribution in [0.2, 0.25) is 0 Å². The Bertz CT molecular complexity index is 853. The summed E-state index contributed by atoms with van der Waals surface area (Å²) < 4.78 is 5.58. The summed E-state index contributed by atoms with van der Waals surface area (Å²) in [4.78, 5) is 12.6. The Morgan fingerprint density at radius 1 is 0.881 bits per heavy atom. The lowest BCUT2D eigenvalue weighted by molar-refractivity contribution is -0.207. The van der Waals surface area contributed by atoms with Gasteiger partial charge in [0.25, 0.3) is 0 Å². The third kappa shape index (κ3) is 7.22. The second-order valence-corrected chi connectivity index (χ2v) is 15.5. The maximum absolute atomic E-state index is 12.6. The molecule has 11 atom stereocenters. The van der Waals surface area contributed by atoms with E-state index in [4.69, 9.17) is 16.2 Å². The van der Waals surface area contributed by atoms with Crippen molar-refractivity contribution in [1.29, 1.82) is 0 Å². The molecule has 0 aromatic carbocycles. The fourth-order valence-electron chi connectivity index (χ4n) is 10.5. The summed E-state index contributed by atoms with van der Waals surface area (Å²) in [5, 5.41) is 33.6. The molecule has 7 N–H and O–H groups in total. The smallest absolute Gasteiger partial charge is 0.305 e. The highest BCUT2D eigenvalue weighted by molar-refractivity contribution is 5.69. The minimum absolute atomic E-state index is 0.0947. The predicted octanol–water partition coefficient (Wildman–Crippen LogP) is 5.17. The van der Waals surface area contributed by atoms with Gasteiger partial charge in [-0.25, -0.2) is 0 Å². The molecule has 244 valence electrons. The van der Waals surface area contributed by atoms with Crippen molar-refractivity contribution in [1.82, 2.24) is 0 Å². The number of nitrogens with two attached hydrogens (primary N) is 2. The lowest BCUT2D eigenvalue weighted by atomic mass is 9.43. The van der Waals surface area contributed by atoms with E-state index < -0.39 is 0 Å². The van der Waals surface area contributed by atoms with Crippen LogP contribution >= 0.6 is 0 Å². The van der Waals surface area contributed by atoms with Gasteiger partial charge in [-0.15, -0.1) is 0 Å². The Labute approximate surface area is 255 Å². The van der Waals surface area contributed by atoms with Gasteiger partial charge >= 0.3 is 5.97 Å². The molecule has 42 heavy (non-hydrogen) atoms. The number of unbranched alkanes of at least 4 members (excludes halogenated alkanes) is 5. The molecule has 0 radical (unpaired) electrons. The lowest BCUT2D eigenvalue weighted by Gasteiger charge is -2.63. The van der Waals surface area contributed by atoms with Crippen molar-refractivity contribution in [2.75, 3.05) is 19.7 Å². The van der Waals surface area contributed by atoms with Crippen molar-refractivity contribution in [2.24, 2.45) is 63.7 Å². The van der Waals surface area contributed by atoms with Crippen molar-refractivity contribution >= 4 is 5.97 Å². The molecule has 7 heteroatoms. The Morgan fingerprint density at radius 2 is 1.57 bits per heavy atom. The molecule has 0 unspecified atom stereocenters. The number of carbonyl (C=O) groups excluding carboxylic acids is 1. The zero-order valence-corrected chi connectivity index (χ0v) is 27.0. The fourth-order valence-corrected chi connectivity index (χ4v) is 10.5. The molecule has 4 aliphatic rings. The van der Waals surface area contributed by atoms with Gasteiger partial charge in [-0.1, -0.05) is 52.9 Å². The van der Waals surface area contributed by atoms with Crippen LogP contribution in [0.3, 0.4) is 0 Å². The molecule has 0 spiro atoms. The van der Waals surface area contributed by atoms with E-state index in [9.17, 15) is 20.1 Å². The Hall–Kier alpha value is -0.730. The molecule has 0 bridgehead atoms. The molecule has 4 rings (SSSR count). The van der Waals surface area contributed by atoms with Gasteiger partial charge in [-0.05, 0) is 130 Å². The first kappa shape index (κ1) is 34.1. The molecule has 0 heterocycles. The summed E-state index contributed by atoms with van der Waals surface area (Å²) in [6.45, 7) is 8.79. The van der Waals surface area contributed by atoms with Gasteiger partial charge in [-0.3, -0.25) is 4.79 Å². The third-order valence-corrected chi connectivity index (χ3v) is 13.3. The largest absolute Gasteiger partial charge is 0.466 e. The van der Waals surface area contributed by atoms with E-state index >= 15 is 0 Å². The molecule has 4 fully saturated rings. The highest BCUT2D eigenvalue weighted by Crippen LogP contribution is 2.68. The standard InChI is InChI=1S/C35H64N2O5/c1-23(11-14-32(41)42-17-9-7-5-4-6-8-10-24(21-36)22-37)27-12-13-28-33-29(20-31(40)35(27,28)3)34(2)16-15-26(38)18-25(34)19-30(33)39/h23-31,33,38-40H,4-22,36-37H2,1-3H3/t23-,25+,26-,27-,28+,29+,30-,31+,33+,34+,35-/m1/s1. The van der Waals surface area contributed by atoms with Crippen LogP contribution in [0.4, 0.5) is 0 Å². The number of hydrogen-bond donors (Lipinski definition) is 5. The first-order chi connectivity index (χ1) is 20.1. The van der Waals surface area contributed by atoms with Crippen LogP contribution in [-0.2, 0) is 9.53 Å². The van der Waals surface area contributed by atoms with Gasteiger partial charge in [0.1, 0.15) is 0 Å². The summed E-state index contributed by atoms with van der Waals surface area (Å²) in [6, 6.07) is 0. The Balaban J connectivity index is 1.20. The number of fused-ring (bicyclic) bond motifs is 5. The van der Waals surface area contributed by atoms with Crippen molar-refractivity contribution in [3.63, 3.8) is 0 Å². The van der Waals surface area contributed by atoms with Gasteiger partial charge in [0.15, 0.2) is 0 Å². The summed E-state index contributed by atoms with van der Waals surface area (Å²) in [5.74, 6) is 2.23. The predicted molar refractivity (Wildman–Crippen MR) is 167 cm³/mol. The van der Waals surface area contributed by atoms with Gasteiger partial charge in [-0.2, -0.15) is 0 Å². The van der Waals surface area contributed by atoms with Crippen molar-refractivity contribution in [2.45, 2.75) is 142 Å². The number of ether oxygens (including phenoxy) is 1. The number of aliphatic hydroxyl groups excluding tert-OH is 3. The van der Waals surface area contributed by atoms with Crippen LogP contribution in [0, 0.1) is 52.3 Å². The Kier molecular flexibility index (Phi) is 12.2. The fraction of sp³-hybridized carbons (Fsp3) is 0.971. The summed E-state index contributed by atoms with van der Waals surface area (Å²) in [5.41, 5.74) is 11.3. The van der Waals surface area contributed by atoms with Gasteiger partial charge < -0.3 is 31.5 Å². The zero-order chi connectivity index (χ0) is 30.5. The Morgan fingerprint density at radius 3 is 2.29 bits per heavy atom. The lowest BCUT2D eigenvalue weighted by Crippen LogP contribution is -2.62. The molecule has 0 aromatic heterocycles. The summed E-state index contributed by atoms with van der Waals surface area (Å²) in [7, 11) is 0. The topological polar surface area (TPSA) is 139 Å². The third-order valence-electron chi connectivity index (χ3n) is 13.3. The zero-order valence-electron chi connectivity index (χ0n) is 27.0. The first-order valence-corrected chi connectivity index (χ1v) is 17.7. The average Bonchev–Trinajstić information content (AvgIpc) is 3.32. The molecule has 0 aliphatic heterocycles. The highest BCUT2D eigenvalue weighted by Gasteiger charge is 2.65. The number of carbonyl (C=O) groups is 1. The second kappa shape index (κ2) is 15.0. The molecular weight excluding hydrogens is 528 g/mol. The summed E-state index contributed by atoms with van der Waals surface area (Å²) in [6.07, 6.45) is 14.4. The number of aliphatic hydroxyl groups is 3. The van der Waals surface area contributed by atoms with E-state index in [0.717, 1.165) is 70.6 Å². The van der Waals surface area contributed by atoms with Gasteiger partial charge in [0.2, 0.25) is 0 Å². The molecule has 0 amide bonds. The molecule has 0 saturated heterocycles. The van der Waals surface area contributed by atoms with Crippen LogP contribution in [0.5, 0.6) is 0 Å². The first-order valence-electron chi connectivity index (χ1n) is 17.7. The second-order valence-electron chi connectivity index (χ2n) is 15.5. The molecule has 4 aliphatic carbocycles. The van der Waals surface area contributed by atoms with E-state index in [0.29, 0.717) is 61.6 Å². The normalized spacial score (nSPS) is 40.3. The van der Waals surface area contributed by atoms with E-state index in [1.165, 1.54) is 25.7 Å². The SMILES string of the molecule is C[C@H](CCC(=O)OCCCCCCCCC(CN)CN)[C@H]1CC[C@H]2[C@@H]3[C@H](O)C[C@@H]4C[C@H](O)CC[C@]4(C)[C@H]3C[C@H](O)[C@]12C. The summed E-state index contributed by atoms with van der Waals surface area (Å²) >= 11 is 0. The molecule has 7 nitrogen and oxygen atoms in total. The van der Waals surface area contributed by atoms with E-state index in [-0.39, 0.29) is 41.0 Å². The van der Waals surface area contributed by atoms with Crippen LogP contribution < -0.4 is 11.5 Å². The number of hydrogen-bond acceptors (Lipinski definition) is 7. The van der Waals surface area contributed by atoms with Crippen molar-refractivity contribution < 1.29 is 24.9 Å². The van der Waals surface area contributed by atoms with Gasteiger partial charge in [0.05, 0.1) is 24.9 Å². The van der Waals surface area contributed by atoms with Crippen molar-refractivity contribution in [3.05, 3.63) is 0 Å². The highest BCUT2D eigenvalue weighted by atomic mass is 16.5. The number of rotatable bonds is 15. The number of esters is 1.